The number of hydrogen-bond donors (Lipinski definition) is 0. The molecule has 0 bridgehead atoms. The molecule has 1 aliphatic heterocycles. The molecule has 2 heterocycles. The molecule has 6 nitrogen and oxygen atoms in total. The van der Waals surface area contributed by atoms with Crippen molar-refractivity contribution in [2.75, 3.05) is 19.7 Å². The van der Waals surface area contributed by atoms with Crippen LogP contribution < -0.4 is 4.74 Å². The third-order valence-electron chi connectivity index (χ3n) is 5.01. The number of hydrogen-bond acceptors (Lipinski definition) is 5. The van der Waals surface area contributed by atoms with E-state index in [-0.39, 0.29) is 11.8 Å². The zero-order chi connectivity index (χ0) is 20.2. The van der Waals surface area contributed by atoms with Crippen molar-refractivity contribution in [3.8, 4) is 17.1 Å². The molecule has 1 aromatic heterocycles. The highest BCUT2D eigenvalue weighted by atomic mass is 35.5. The number of likely N-dealkylation sites (tertiary alicyclic amines) is 1. The molecular formula is C22H22ClN3O3. The molecule has 0 radical (unpaired) electrons. The lowest BCUT2D eigenvalue weighted by atomic mass is 10.1. The van der Waals surface area contributed by atoms with Gasteiger partial charge in [-0.2, -0.15) is 4.98 Å². The standard InChI is InChI=1S/C22H22ClN3O3/c1-2-28-19-9-5-16(6-10-19)21-24-22(29-25-21)17-13-20(27)26(14-17)12-11-15-3-7-18(23)8-4-15/h3-10,17H,2,11-14H2,1H3. The van der Waals surface area contributed by atoms with Crippen LogP contribution in [0, 0.1) is 0 Å². The number of benzene rings is 2. The highest BCUT2D eigenvalue weighted by Crippen LogP contribution is 2.29. The zero-order valence-electron chi connectivity index (χ0n) is 16.2. The molecule has 0 aliphatic carbocycles. The molecule has 1 amide bonds. The van der Waals surface area contributed by atoms with Gasteiger partial charge in [0.2, 0.25) is 17.6 Å². The minimum atomic E-state index is -0.0725. The first-order valence-corrected chi connectivity index (χ1v) is 10.1. The Balaban J connectivity index is 1.38. The molecule has 1 atom stereocenters. The van der Waals surface area contributed by atoms with Crippen molar-refractivity contribution in [2.24, 2.45) is 0 Å². The van der Waals surface area contributed by atoms with Crippen molar-refractivity contribution in [3.63, 3.8) is 0 Å². The summed E-state index contributed by atoms with van der Waals surface area (Å²) >= 11 is 5.92. The summed E-state index contributed by atoms with van der Waals surface area (Å²) in [5.41, 5.74) is 2.01. The van der Waals surface area contributed by atoms with Gasteiger partial charge in [0.15, 0.2) is 0 Å². The number of aromatic nitrogens is 2. The summed E-state index contributed by atoms with van der Waals surface area (Å²) in [6.45, 7) is 3.82. The maximum absolute atomic E-state index is 12.4. The molecule has 7 heteroatoms. The number of ether oxygens (including phenoxy) is 1. The van der Waals surface area contributed by atoms with Gasteiger partial charge in [0.25, 0.3) is 0 Å². The van der Waals surface area contributed by atoms with E-state index in [4.69, 9.17) is 20.9 Å². The highest BCUT2D eigenvalue weighted by molar-refractivity contribution is 6.30. The second-order valence-corrected chi connectivity index (χ2v) is 7.47. The average molecular weight is 412 g/mol. The van der Waals surface area contributed by atoms with Crippen LogP contribution in [0.15, 0.2) is 53.1 Å². The van der Waals surface area contributed by atoms with Crippen molar-refractivity contribution >= 4 is 17.5 Å². The third-order valence-corrected chi connectivity index (χ3v) is 5.26. The zero-order valence-corrected chi connectivity index (χ0v) is 16.9. The van der Waals surface area contributed by atoms with Crippen molar-refractivity contribution < 1.29 is 14.1 Å². The van der Waals surface area contributed by atoms with Gasteiger partial charge in [-0.05, 0) is 55.3 Å². The SMILES string of the molecule is CCOc1ccc(-c2noc(C3CC(=O)N(CCc4ccc(Cl)cc4)C3)n2)cc1. The van der Waals surface area contributed by atoms with Crippen molar-refractivity contribution in [3.05, 3.63) is 65.0 Å². The second-order valence-electron chi connectivity index (χ2n) is 7.03. The van der Waals surface area contributed by atoms with Gasteiger partial charge in [-0.3, -0.25) is 4.79 Å². The van der Waals surface area contributed by atoms with Gasteiger partial charge in [0.05, 0.1) is 12.5 Å². The quantitative estimate of drug-likeness (QED) is 0.578. The summed E-state index contributed by atoms with van der Waals surface area (Å²) in [6.07, 6.45) is 1.18. The van der Waals surface area contributed by atoms with Crippen LogP contribution in [0.2, 0.25) is 5.02 Å². The molecular weight excluding hydrogens is 390 g/mol. The molecule has 1 unspecified atom stereocenters. The molecule has 3 aromatic rings. The molecule has 0 spiro atoms. The third kappa shape index (κ3) is 4.59. The maximum atomic E-state index is 12.4. The van der Waals surface area contributed by atoms with Crippen LogP contribution in [0.1, 0.15) is 30.7 Å². The Hall–Kier alpha value is -2.86. The van der Waals surface area contributed by atoms with E-state index in [2.05, 4.69) is 10.1 Å². The largest absolute Gasteiger partial charge is 0.494 e. The van der Waals surface area contributed by atoms with Gasteiger partial charge in [-0.25, -0.2) is 0 Å². The Morgan fingerprint density at radius 2 is 1.93 bits per heavy atom. The Labute approximate surface area is 174 Å². The first-order valence-electron chi connectivity index (χ1n) is 9.71. The summed E-state index contributed by atoms with van der Waals surface area (Å²) < 4.78 is 10.9. The van der Waals surface area contributed by atoms with Crippen molar-refractivity contribution in [1.82, 2.24) is 15.0 Å². The van der Waals surface area contributed by atoms with E-state index in [1.165, 1.54) is 0 Å². The number of rotatable bonds is 7. The number of halogens is 1. The molecule has 150 valence electrons. The van der Waals surface area contributed by atoms with Gasteiger partial charge in [-0.15, -0.1) is 0 Å². The summed E-state index contributed by atoms with van der Waals surface area (Å²) in [5.74, 6) is 1.88. The summed E-state index contributed by atoms with van der Waals surface area (Å²) in [6, 6.07) is 15.3. The van der Waals surface area contributed by atoms with Crippen LogP contribution >= 0.6 is 11.6 Å². The lowest BCUT2D eigenvalue weighted by molar-refractivity contribution is -0.127. The van der Waals surface area contributed by atoms with Crippen LogP contribution in [0.25, 0.3) is 11.4 Å². The van der Waals surface area contributed by atoms with Crippen LogP contribution in [0.5, 0.6) is 5.75 Å². The van der Waals surface area contributed by atoms with E-state index in [1.54, 1.807) is 0 Å². The van der Waals surface area contributed by atoms with Gasteiger partial charge >= 0.3 is 0 Å². The van der Waals surface area contributed by atoms with Crippen LogP contribution in [-0.2, 0) is 11.2 Å². The summed E-state index contributed by atoms with van der Waals surface area (Å²) in [7, 11) is 0. The Bertz CT molecular complexity index is 970. The smallest absolute Gasteiger partial charge is 0.232 e. The average Bonchev–Trinajstić information content (AvgIpc) is 3.35. The van der Waals surface area contributed by atoms with Gasteiger partial charge in [-0.1, -0.05) is 28.9 Å². The first-order chi connectivity index (χ1) is 14.1. The Morgan fingerprint density at radius 1 is 1.17 bits per heavy atom. The molecule has 0 N–H and O–H groups in total. The molecule has 4 rings (SSSR count). The lowest BCUT2D eigenvalue weighted by Gasteiger charge is -2.15. The number of carbonyl (C=O) groups excluding carboxylic acids is 1. The Morgan fingerprint density at radius 3 is 2.66 bits per heavy atom. The highest BCUT2D eigenvalue weighted by Gasteiger charge is 2.34. The van der Waals surface area contributed by atoms with E-state index in [1.807, 2.05) is 60.4 Å². The summed E-state index contributed by atoms with van der Waals surface area (Å²) in [4.78, 5) is 18.8. The normalized spacial score (nSPS) is 16.4. The Kier molecular flexibility index (Phi) is 5.81. The molecule has 29 heavy (non-hydrogen) atoms. The number of carbonyl (C=O) groups is 1. The van der Waals surface area contributed by atoms with E-state index in [0.717, 1.165) is 23.3 Å². The van der Waals surface area contributed by atoms with E-state index >= 15 is 0 Å². The molecule has 2 aromatic carbocycles. The van der Waals surface area contributed by atoms with E-state index < -0.39 is 0 Å². The van der Waals surface area contributed by atoms with E-state index in [0.29, 0.717) is 42.9 Å². The fourth-order valence-electron chi connectivity index (χ4n) is 3.45. The van der Waals surface area contributed by atoms with E-state index in [9.17, 15) is 4.79 Å². The van der Waals surface area contributed by atoms with Crippen LogP contribution in [-0.4, -0.2) is 40.6 Å². The fraction of sp³-hybridized carbons (Fsp3) is 0.318. The number of amides is 1. The van der Waals surface area contributed by atoms with Crippen molar-refractivity contribution in [1.29, 1.82) is 0 Å². The topological polar surface area (TPSA) is 68.5 Å². The molecule has 0 saturated carbocycles. The monoisotopic (exact) mass is 411 g/mol. The minimum Gasteiger partial charge on any atom is -0.494 e. The number of nitrogens with zero attached hydrogens (tertiary/aromatic N) is 3. The fourth-order valence-corrected chi connectivity index (χ4v) is 3.58. The molecule has 1 fully saturated rings. The van der Waals surface area contributed by atoms with Crippen molar-refractivity contribution in [2.45, 2.75) is 25.7 Å². The lowest BCUT2D eigenvalue weighted by Crippen LogP contribution is -2.27. The predicted molar refractivity (Wildman–Crippen MR) is 110 cm³/mol. The predicted octanol–water partition coefficient (Wildman–Crippen LogP) is 4.35. The van der Waals surface area contributed by atoms with Crippen LogP contribution in [0.3, 0.4) is 0 Å². The summed E-state index contributed by atoms with van der Waals surface area (Å²) in [5, 5.41) is 4.80. The van der Waals surface area contributed by atoms with Gasteiger partial charge < -0.3 is 14.2 Å². The molecule has 1 saturated heterocycles. The van der Waals surface area contributed by atoms with Crippen LogP contribution in [0.4, 0.5) is 0 Å². The maximum Gasteiger partial charge on any atom is 0.232 e. The minimum absolute atomic E-state index is 0.0725. The molecule has 1 aliphatic rings. The van der Waals surface area contributed by atoms with Gasteiger partial charge in [0.1, 0.15) is 5.75 Å². The second kappa shape index (κ2) is 8.66. The first kappa shape index (κ1) is 19.5. The van der Waals surface area contributed by atoms with Gasteiger partial charge in [0, 0.05) is 30.1 Å².